The van der Waals surface area contributed by atoms with Gasteiger partial charge in [-0.05, 0) is 43.8 Å². The first-order chi connectivity index (χ1) is 8.26. The lowest BCUT2D eigenvalue weighted by atomic mass is 10.2. The molecule has 0 aromatic carbocycles. The number of aryl methyl sites for hydroxylation is 1. The molecule has 0 aliphatic heterocycles. The lowest BCUT2D eigenvalue weighted by Gasteiger charge is -2.18. The van der Waals surface area contributed by atoms with Gasteiger partial charge in [0.25, 0.3) is 0 Å². The molecule has 2 aromatic heterocycles. The predicted molar refractivity (Wildman–Crippen MR) is 73.6 cm³/mol. The Morgan fingerprint density at radius 2 is 1.94 bits per heavy atom. The van der Waals surface area contributed by atoms with Gasteiger partial charge in [0.15, 0.2) is 0 Å². The van der Waals surface area contributed by atoms with Crippen LogP contribution in [0.1, 0.15) is 25.1 Å². The Kier molecular flexibility index (Phi) is 3.85. The van der Waals surface area contributed by atoms with Gasteiger partial charge >= 0.3 is 0 Å². The second-order valence-corrected chi connectivity index (χ2v) is 4.55. The summed E-state index contributed by atoms with van der Waals surface area (Å²) in [6, 6.07) is 8.65. The summed E-state index contributed by atoms with van der Waals surface area (Å²) in [7, 11) is 0. The lowest BCUT2D eigenvalue weighted by Crippen LogP contribution is -2.25. The van der Waals surface area contributed by atoms with Crippen molar-refractivity contribution in [3.8, 4) is 0 Å². The Hall–Kier alpha value is -1.28. The fraction of sp³-hybridized carbons (Fsp3) is 0.467. The summed E-state index contributed by atoms with van der Waals surface area (Å²) in [5.74, 6) is 0. The van der Waals surface area contributed by atoms with Gasteiger partial charge < -0.3 is 9.30 Å². The number of fused-ring (bicyclic) bond motifs is 1. The molecule has 0 radical (unpaired) electrons. The van der Waals surface area contributed by atoms with Crippen LogP contribution in [-0.2, 0) is 6.42 Å². The van der Waals surface area contributed by atoms with Crippen LogP contribution in [0.25, 0.3) is 5.52 Å². The monoisotopic (exact) mass is 230 g/mol. The standard InChI is InChI=1S/C15H22N2/c1-4-16(5-2)11-9-15-13(3)12-14-8-6-7-10-17(14)15/h6-8,10,12H,4-5,9,11H2,1-3H3. The summed E-state index contributed by atoms with van der Waals surface area (Å²) in [5, 5.41) is 0. The largest absolute Gasteiger partial charge is 0.321 e. The molecule has 0 N–H and O–H groups in total. The van der Waals surface area contributed by atoms with E-state index >= 15 is 0 Å². The lowest BCUT2D eigenvalue weighted by molar-refractivity contribution is 0.306. The van der Waals surface area contributed by atoms with Crippen LogP contribution < -0.4 is 0 Å². The molecule has 2 rings (SSSR count). The predicted octanol–water partition coefficient (Wildman–Crippen LogP) is 3.13. The fourth-order valence-corrected chi connectivity index (χ4v) is 2.44. The van der Waals surface area contributed by atoms with E-state index in [0.717, 1.165) is 26.1 Å². The Morgan fingerprint density at radius 1 is 1.18 bits per heavy atom. The molecular formula is C15H22N2. The van der Waals surface area contributed by atoms with Crippen molar-refractivity contribution >= 4 is 5.52 Å². The minimum absolute atomic E-state index is 1.13. The first kappa shape index (κ1) is 12.2. The summed E-state index contributed by atoms with van der Waals surface area (Å²) in [6.45, 7) is 10.1. The van der Waals surface area contributed by atoms with Crippen LogP contribution in [0.5, 0.6) is 0 Å². The van der Waals surface area contributed by atoms with E-state index in [0.29, 0.717) is 0 Å². The van der Waals surface area contributed by atoms with E-state index in [4.69, 9.17) is 0 Å². The van der Waals surface area contributed by atoms with Crippen molar-refractivity contribution in [2.45, 2.75) is 27.2 Å². The smallest absolute Gasteiger partial charge is 0.0455 e. The summed E-state index contributed by atoms with van der Waals surface area (Å²) < 4.78 is 2.32. The zero-order valence-corrected chi connectivity index (χ0v) is 11.1. The van der Waals surface area contributed by atoms with Gasteiger partial charge in [0.1, 0.15) is 0 Å². The van der Waals surface area contributed by atoms with Gasteiger partial charge in [-0.3, -0.25) is 0 Å². The summed E-state index contributed by atoms with van der Waals surface area (Å²) in [5.41, 5.74) is 4.16. The SMILES string of the molecule is CCN(CC)CCc1c(C)cc2ccccn12. The van der Waals surface area contributed by atoms with E-state index in [1.807, 2.05) is 0 Å². The number of nitrogens with zero attached hydrogens (tertiary/aromatic N) is 2. The van der Waals surface area contributed by atoms with Crippen LogP contribution in [0.4, 0.5) is 0 Å². The molecule has 0 fully saturated rings. The molecule has 2 aromatic rings. The highest BCUT2D eigenvalue weighted by molar-refractivity contribution is 5.53. The molecule has 0 atom stereocenters. The zero-order valence-electron chi connectivity index (χ0n) is 11.1. The van der Waals surface area contributed by atoms with Crippen molar-refractivity contribution in [1.29, 1.82) is 0 Å². The summed E-state index contributed by atoms with van der Waals surface area (Å²) >= 11 is 0. The van der Waals surface area contributed by atoms with Gasteiger partial charge in [-0.25, -0.2) is 0 Å². The van der Waals surface area contributed by atoms with E-state index < -0.39 is 0 Å². The first-order valence-electron chi connectivity index (χ1n) is 6.54. The Bertz CT molecular complexity index is 481. The van der Waals surface area contributed by atoms with Crippen molar-refractivity contribution in [2.24, 2.45) is 0 Å². The van der Waals surface area contributed by atoms with Crippen LogP contribution in [0.15, 0.2) is 30.5 Å². The molecular weight excluding hydrogens is 208 g/mol. The quantitative estimate of drug-likeness (QED) is 0.766. The molecule has 0 aliphatic carbocycles. The van der Waals surface area contributed by atoms with Crippen molar-refractivity contribution in [3.05, 3.63) is 41.7 Å². The van der Waals surface area contributed by atoms with Gasteiger partial charge in [0.2, 0.25) is 0 Å². The van der Waals surface area contributed by atoms with Crippen molar-refractivity contribution in [1.82, 2.24) is 9.30 Å². The Labute approximate surface area is 104 Å². The van der Waals surface area contributed by atoms with Crippen LogP contribution in [0, 0.1) is 6.92 Å². The van der Waals surface area contributed by atoms with Gasteiger partial charge in [0, 0.05) is 30.4 Å². The maximum Gasteiger partial charge on any atom is 0.0455 e. The van der Waals surface area contributed by atoms with Gasteiger partial charge in [-0.1, -0.05) is 19.9 Å². The molecule has 92 valence electrons. The third-order valence-electron chi connectivity index (χ3n) is 3.56. The van der Waals surface area contributed by atoms with Crippen LogP contribution >= 0.6 is 0 Å². The molecule has 2 nitrogen and oxygen atoms in total. The molecule has 0 saturated carbocycles. The maximum absolute atomic E-state index is 2.47. The maximum atomic E-state index is 2.47. The highest BCUT2D eigenvalue weighted by atomic mass is 15.1. The average molecular weight is 230 g/mol. The number of hydrogen-bond donors (Lipinski definition) is 0. The van der Waals surface area contributed by atoms with Gasteiger partial charge in [-0.15, -0.1) is 0 Å². The highest BCUT2D eigenvalue weighted by Gasteiger charge is 2.07. The van der Waals surface area contributed by atoms with E-state index in [9.17, 15) is 0 Å². The molecule has 0 saturated heterocycles. The number of aromatic nitrogens is 1. The van der Waals surface area contributed by atoms with E-state index in [1.165, 1.54) is 16.8 Å². The minimum Gasteiger partial charge on any atom is -0.321 e. The molecule has 0 aliphatic rings. The molecule has 2 heteroatoms. The van der Waals surface area contributed by atoms with Gasteiger partial charge in [0.05, 0.1) is 0 Å². The minimum atomic E-state index is 1.13. The number of rotatable bonds is 5. The van der Waals surface area contributed by atoms with E-state index in [2.05, 4.69) is 60.5 Å². The second kappa shape index (κ2) is 5.37. The number of pyridine rings is 1. The fourth-order valence-electron chi connectivity index (χ4n) is 2.44. The second-order valence-electron chi connectivity index (χ2n) is 4.55. The molecule has 0 spiro atoms. The van der Waals surface area contributed by atoms with Crippen molar-refractivity contribution in [2.75, 3.05) is 19.6 Å². The molecule has 0 amide bonds. The van der Waals surface area contributed by atoms with E-state index in [1.54, 1.807) is 0 Å². The topological polar surface area (TPSA) is 7.65 Å². The van der Waals surface area contributed by atoms with Crippen molar-refractivity contribution in [3.63, 3.8) is 0 Å². The number of likely N-dealkylation sites (N-methyl/N-ethyl adjacent to an activating group) is 1. The summed E-state index contributed by atoms with van der Waals surface area (Å²) in [4.78, 5) is 2.47. The highest BCUT2D eigenvalue weighted by Crippen LogP contribution is 2.16. The van der Waals surface area contributed by atoms with Crippen LogP contribution in [0.3, 0.4) is 0 Å². The Morgan fingerprint density at radius 3 is 2.65 bits per heavy atom. The molecule has 17 heavy (non-hydrogen) atoms. The average Bonchev–Trinajstić information content (AvgIpc) is 2.67. The normalized spacial score (nSPS) is 11.5. The van der Waals surface area contributed by atoms with Crippen molar-refractivity contribution < 1.29 is 0 Å². The third kappa shape index (κ3) is 2.52. The zero-order chi connectivity index (χ0) is 12.3. The molecule has 0 unspecified atom stereocenters. The molecule has 2 heterocycles. The Balaban J connectivity index is 2.20. The third-order valence-corrected chi connectivity index (χ3v) is 3.56. The van der Waals surface area contributed by atoms with Crippen LogP contribution in [-0.4, -0.2) is 28.9 Å². The summed E-state index contributed by atoms with van der Waals surface area (Å²) in [6.07, 6.45) is 3.30. The van der Waals surface area contributed by atoms with Gasteiger partial charge in [-0.2, -0.15) is 0 Å². The molecule has 0 bridgehead atoms. The van der Waals surface area contributed by atoms with E-state index in [-0.39, 0.29) is 0 Å². The first-order valence-corrected chi connectivity index (χ1v) is 6.54. The number of hydrogen-bond acceptors (Lipinski definition) is 1. The van der Waals surface area contributed by atoms with Crippen LogP contribution in [0.2, 0.25) is 0 Å².